The second-order valence-electron chi connectivity index (χ2n) is 4.95. The maximum Gasteiger partial charge on any atom is 0.257 e. The van der Waals surface area contributed by atoms with Crippen LogP contribution in [0.4, 0.5) is 0 Å². The summed E-state index contributed by atoms with van der Waals surface area (Å²) in [5.74, 6) is -0.105. The minimum absolute atomic E-state index is 0. The molecule has 2 rings (SSSR count). The van der Waals surface area contributed by atoms with Crippen molar-refractivity contribution in [1.82, 2.24) is 25.2 Å². The number of rotatable bonds is 5. The highest BCUT2D eigenvalue weighted by Gasteiger charge is 2.19. The van der Waals surface area contributed by atoms with Gasteiger partial charge in [-0.05, 0) is 46.9 Å². The Morgan fingerprint density at radius 1 is 1.29 bits per heavy atom. The maximum atomic E-state index is 12.3. The average Bonchev–Trinajstić information content (AvgIpc) is 2.71. The van der Waals surface area contributed by atoms with Crippen molar-refractivity contribution in [3.63, 3.8) is 0 Å². The van der Waals surface area contributed by atoms with Gasteiger partial charge in [0.2, 0.25) is 0 Å². The maximum absolute atomic E-state index is 12.3. The minimum atomic E-state index is -0.105. The van der Waals surface area contributed by atoms with Crippen molar-refractivity contribution in [2.24, 2.45) is 0 Å². The number of aryl methyl sites for hydroxylation is 3. The summed E-state index contributed by atoms with van der Waals surface area (Å²) in [6.45, 7) is 7.24. The number of amides is 1. The van der Waals surface area contributed by atoms with Gasteiger partial charge in [0.1, 0.15) is 5.56 Å². The molecule has 2 aromatic rings. The Kier molecular flexibility index (Phi) is 6.11. The lowest BCUT2D eigenvalue weighted by Gasteiger charge is -2.05. The van der Waals surface area contributed by atoms with Gasteiger partial charge >= 0.3 is 0 Å². The normalized spacial score (nSPS) is 10.5. The fraction of sp³-hybridized carbons (Fsp3) is 0.500. The lowest BCUT2D eigenvalue weighted by molar-refractivity contribution is 0.0954. The Hall–Kier alpha value is -1.66. The van der Waals surface area contributed by atoms with Gasteiger partial charge < -0.3 is 10.6 Å². The van der Waals surface area contributed by atoms with Crippen molar-refractivity contribution in [2.75, 3.05) is 20.1 Å². The summed E-state index contributed by atoms with van der Waals surface area (Å²) >= 11 is 0. The molecule has 0 aliphatic heterocycles. The van der Waals surface area contributed by atoms with Crippen molar-refractivity contribution in [2.45, 2.75) is 27.2 Å². The van der Waals surface area contributed by atoms with E-state index in [4.69, 9.17) is 0 Å². The van der Waals surface area contributed by atoms with Gasteiger partial charge in [0.25, 0.3) is 5.91 Å². The molecule has 2 aromatic heterocycles. The van der Waals surface area contributed by atoms with Gasteiger partial charge in [0.05, 0.1) is 5.69 Å². The molecule has 1 amide bonds. The van der Waals surface area contributed by atoms with Crippen LogP contribution in [0.3, 0.4) is 0 Å². The van der Waals surface area contributed by atoms with Gasteiger partial charge in [-0.1, -0.05) is 0 Å². The van der Waals surface area contributed by atoms with Crippen LogP contribution in [0.25, 0.3) is 5.65 Å². The highest BCUT2D eigenvalue weighted by atomic mass is 35.5. The molecule has 6 nitrogen and oxygen atoms in total. The molecular weight excluding hydrogens is 290 g/mol. The van der Waals surface area contributed by atoms with Crippen molar-refractivity contribution in [1.29, 1.82) is 0 Å². The second-order valence-corrected chi connectivity index (χ2v) is 4.95. The lowest BCUT2D eigenvalue weighted by atomic mass is 10.2. The van der Waals surface area contributed by atoms with Gasteiger partial charge in [-0.25, -0.2) is 9.50 Å². The van der Waals surface area contributed by atoms with Crippen molar-refractivity contribution < 1.29 is 4.79 Å². The summed E-state index contributed by atoms with van der Waals surface area (Å²) in [6.07, 6.45) is 0.895. The van der Waals surface area contributed by atoms with E-state index in [1.807, 2.05) is 33.9 Å². The third-order valence-electron chi connectivity index (χ3n) is 3.19. The van der Waals surface area contributed by atoms with E-state index in [-0.39, 0.29) is 18.3 Å². The largest absolute Gasteiger partial charge is 0.352 e. The van der Waals surface area contributed by atoms with E-state index < -0.39 is 0 Å². The summed E-state index contributed by atoms with van der Waals surface area (Å²) in [6, 6.07) is 1.95. The van der Waals surface area contributed by atoms with Crippen molar-refractivity contribution in [3.8, 4) is 0 Å². The summed E-state index contributed by atoms with van der Waals surface area (Å²) in [4.78, 5) is 16.8. The van der Waals surface area contributed by atoms with Gasteiger partial charge in [-0.3, -0.25) is 4.79 Å². The smallest absolute Gasteiger partial charge is 0.257 e. The van der Waals surface area contributed by atoms with E-state index in [1.54, 1.807) is 4.52 Å². The SMILES string of the molecule is CNCCCNC(=O)c1c(C)nn2c(C)cc(C)nc12.Cl. The van der Waals surface area contributed by atoms with Gasteiger partial charge in [-0.2, -0.15) is 5.10 Å². The van der Waals surface area contributed by atoms with E-state index >= 15 is 0 Å². The number of hydrogen-bond donors (Lipinski definition) is 2. The van der Waals surface area contributed by atoms with Crippen LogP contribution < -0.4 is 10.6 Å². The predicted octanol–water partition coefficient (Wildman–Crippen LogP) is 1.42. The molecular formula is C14H22ClN5O. The number of nitrogens with one attached hydrogen (secondary N) is 2. The van der Waals surface area contributed by atoms with Crippen LogP contribution in [0.2, 0.25) is 0 Å². The van der Waals surface area contributed by atoms with E-state index in [0.717, 1.165) is 24.4 Å². The molecule has 0 saturated heterocycles. The second kappa shape index (κ2) is 7.38. The van der Waals surface area contributed by atoms with Crippen LogP contribution >= 0.6 is 12.4 Å². The highest BCUT2D eigenvalue weighted by Crippen LogP contribution is 2.15. The van der Waals surface area contributed by atoms with E-state index in [1.165, 1.54) is 0 Å². The zero-order valence-electron chi connectivity index (χ0n) is 12.9. The highest BCUT2D eigenvalue weighted by molar-refractivity contribution is 6.01. The van der Waals surface area contributed by atoms with Crippen LogP contribution in [-0.4, -0.2) is 40.6 Å². The monoisotopic (exact) mass is 311 g/mol. The Morgan fingerprint density at radius 2 is 2.00 bits per heavy atom. The molecule has 7 heteroatoms. The van der Waals surface area contributed by atoms with Gasteiger partial charge in [0, 0.05) is 17.9 Å². The lowest BCUT2D eigenvalue weighted by Crippen LogP contribution is -2.27. The summed E-state index contributed by atoms with van der Waals surface area (Å²) < 4.78 is 1.73. The van der Waals surface area contributed by atoms with Crippen molar-refractivity contribution in [3.05, 3.63) is 28.7 Å². The molecule has 0 aliphatic rings. The third kappa shape index (κ3) is 3.71. The van der Waals surface area contributed by atoms with Crippen LogP contribution in [0.15, 0.2) is 6.07 Å². The molecule has 0 aromatic carbocycles. The number of halogens is 1. The average molecular weight is 312 g/mol. The van der Waals surface area contributed by atoms with Crippen molar-refractivity contribution >= 4 is 24.0 Å². The first-order chi connectivity index (χ1) is 9.54. The summed E-state index contributed by atoms with van der Waals surface area (Å²) in [5, 5.41) is 10.4. The molecule has 21 heavy (non-hydrogen) atoms. The van der Waals surface area contributed by atoms with E-state index in [0.29, 0.717) is 23.4 Å². The Morgan fingerprint density at radius 3 is 2.67 bits per heavy atom. The fourth-order valence-electron chi connectivity index (χ4n) is 2.25. The number of carbonyl (C=O) groups is 1. The zero-order valence-corrected chi connectivity index (χ0v) is 13.7. The number of fused-ring (bicyclic) bond motifs is 1. The molecule has 0 atom stereocenters. The van der Waals surface area contributed by atoms with Gasteiger partial charge in [-0.15, -0.1) is 12.4 Å². The molecule has 0 spiro atoms. The molecule has 0 fully saturated rings. The molecule has 0 radical (unpaired) electrons. The van der Waals surface area contributed by atoms with Crippen LogP contribution in [0, 0.1) is 20.8 Å². The summed E-state index contributed by atoms with van der Waals surface area (Å²) in [7, 11) is 1.90. The van der Waals surface area contributed by atoms with Crippen LogP contribution in [0.5, 0.6) is 0 Å². The van der Waals surface area contributed by atoms with Crippen LogP contribution in [0.1, 0.15) is 33.9 Å². The first-order valence-corrected chi connectivity index (χ1v) is 6.81. The molecule has 0 aliphatic carbocycles. The zero-order chi connectivity index (χ0) is 14.7. The Balaban J connectivity index is 0.00000220. The first-order valence-electron chi connectivity index (χ1n) is 6.81. The quantitative estimate of drug-likeness (QED) is 0.819. The molecule has 116 valence electrons. The van der Waals surface area contributed by atoms with Crippen LogP contribution in [-0.2, 0) is 0 Å². The molecule has 2 N–H and O–H groups in total. The Labute approximate surface area is 130 Å². The minimum Gasteiger partial charge on any atom is -0.352 e. The predicted molar refractivity (Wildman–Crippen MR) is 85.3 cm³/mol. The van der Waals surface area contributed by atoms with Gasteiger partial charge in [0.15, 0.2) is 5.65 Å². The molecule has 0 unspecified atom stereocenters. The standard InChI is InChI=1S/C14H21N5O.ClH/c1-9-8-10(2)19-13(17-9)12(11(3)18-19)14(20)16-7-5-6-15-4;/h8,15H,5-7H2,1-4H3,(H,16,20);1H. The fourth-order valence-corrected chi connectivity index (χ4v) is 2.25. The first kappa shape index (κ1) is 17.4. The van der Waals surface area contributed by atoms with E-state index in [2.05, 4.69) is 20.7 Å². The number of hydrogen-bond acceptors (Lipinski definition) is 4. The van der Waals surface area contributed by atoms with E-state index in [9.17, 15) is 4.79 Å². The third-order valence-corrected chi connectivity index (χ3v) is 3.19. The summed E-state index contributed by atoms with van der Waals surface area (Å²) in [5.41, 5.74) is 3.77. The number of nitrogens with zero attached hydrogens (tertiary/aromatic N) is 3. The number of aromatic nitrogens is 3. The topological polar surface area (TPSA) is 71.3 Å². The molecule has 0 bridgehead atoms. The molecule has 2 heterocycles. The number of carbonyl (C=O) groups excluding carboxylic acids is 1. The Bertz CT molecular complexity index is 638. The molecule has 0 saturated carbocycles.